The molecule has 5 rings (SSSR count). The second-order valence-electron chi connectivity index (χ2n) is 13.5. The topological polar surface area (TPSA) is 120 Å². The number of fused-ring (bicyclic) bond motifs is 1. The van der Waals surface area contributed by atoms with Gasteiger partial charge in [0.25, 0.3) is 0 Å². The molecule has 1 spiro atoms. The Labute approximate surface area is 268 Å². The standard InChI is InChI=1S/C33H45N7O3SSi/c1-22(2)45(23(3)4,24(5)6)18-15-25-19-29(40-32(41)35-21-33(40)16-9-10-17-33)37-30-28(25)20-34-31(38-30)36-26-11-13-27(14-12-26)44(42,43)39(7)8/h11-14,19-20,22-24H,9-10,16-17,21H2,1-8H3,(H,35,41)(H,34,36,37,38). The van der Waals surface area contributed by atoms with Gasteiger partial charge in [0.05, 0.1) is 15.8 Å². The van der Waals surface area contributed by atoms with Crippen LogP contribution in [0, 0.1) is 11.5 Å². The number of hydrogen-bond acceptors (Lipinski definition) is 7. The quantitative estimate of drug-likeness (QED) is 0.214. The number of rotatable bonds is 8. The molecule has 0 bridgehead atoms. The summed E-state index contributed by atoms with van der Waals surface area (Å²) >= 11 is 0. The maximum atomic E-state index is 13.3. The normalized spacial score (nSPS) is 16.7. The summed E-state index contributed by atoms with van der Waals surface area (Å²) in [5, 5.41) is 6.97. The second kappa shape index (κ2) is 12.3. The summed E-state index contributed by atoms with van der Waals surface area (Å²) in [7, 11) is -2.59. The van der Waals surface area contributed by atoms with Gasteiger partial charge in [-0.3, -0.25) is 4.90 Å². The van der Waals surface area contributed by atoms with Crippen molar-refractivity contribution in [3.8, 4) is 11.5 Å². The lowest BCUT2D eigenvalue weighted by Crippen LogP contribution is -2.45. The van der Waals surface area contributed by atoms with Gasteiger partial charge in [0.2, 0.25) is 16.0 Å². The molecule has 2 aliphatic rings. The van der Waals surface area contributed by atoms with Crippen LogP contribution in [0.2, 0.25) is 16.6 Å². The molecule has 240 valence electrons. The van der Waals surface area contributed by atoms with E-state index >= 15 is 0 Å². The van der Waals surface area contributed by atoms with Crippen molar-refractivity contribution in [3.63, 3.8) is 0 Å². The van der Waals surface area contributed by atoms with E-state index in [0.29, 0.717) is 46.3 Å². The Hall–Kier alpha value is -3.53. The first-order valence-electron chi connectivity index (χ1n) is 15.8. The minimum absolute atomic E-state index is 0.141. The molecule has 1 aliphatic carbocycles. The number of hydrogen-bond donors (Lipinski definition) is 2. The second-order valence-corrected chi connectivity index (χ2v) is 21.2. The van der Waals surface area contributed by atoms with Gasteiger partial charge in [-0.15, -0.1) is 5.54 Å². The number of sulfonamides is 1. The Bertz CT molecular complexity index is 1730. The number of pyridine rings is 1. The number of urea groups is 1. The SMILES string of the molecule is CC(C)[Si](C#Cc1cc(N2C(=O)NCC23CCCC3)nc2nc(Nc3ccc(S(=O)(=O)N(C)C)cc3)ncc12)(C(C)C)C(C)C. The first-order chi connectivity index (χ1) is 21.2. The van der Waals surface area contributed by atoms with Gasteiger partial charge in [0.1, 0.15) is 13.9 Å². The zero-order valence-corrected chi connectivity index (χ0v) is 29.4. The summed E-state index contributed by atoms with van der Waals surface area (Å²) in [6.07, 6.45) is 5.72. The molecule has 2 N–H and O–H groups in total. The monoisotopic (exact) mass is 647 g/mol. The number of anilines is 3. The van der Waals surface area contributed by atoms with Gasteiger partial charge < -0.3 is 10.6 Å². The molecule has 0 radical (unpaired) electrons. The fourth-order valence-electron chi connectivity index (χ4n) is 7.33. The molecular formula is C33H45N7O3SSi. The molecule has 45 heavy (non-hydrogen) atoms. The van der Waals surface area contributed by atoms with Crippen LogP contribution in [0.3, 0.4) is 0 Å². The first-order valence-corrected chi connectivity index (χ1v) is 19.5. The van der Waals surface area contributed by atoms with E-state index in [9.17, 15) is 13.2 Å². The highest BCUT2D eigenvalue weighted by Gasteiger charge is 2.48. The van der Waals surface area contributed by atoms with Crippen LogP contribution < -0.4 is 15.5 Å². The van der Waals surface area contributed by atoms with Crippen LogP contribution in [0.4, 0.5) is 22.2 Å². The van der Waals surface area contributed by atoms with Crippen molar-refractivity contribution in [1.29, 1.82) is 0 Å². The summed E-state index contributed by atoms with van der Waals surface area (Å²) in [5.74, 6) is 4.45. The Morgan fingerprint density at radius 3 is 2.20 bits per heavy atom. The largest absolute Gasteiger partial charge is 0.335 e. The van der Waals surface area contributed by atoms with Gasteiger partial charge in [-0.1, -0.05) is 60.3 Å². The predicted molar refractivity (Wildman–Crippen MR) is 183 cm³/mol. The van der Waals surface area contributed by atoms with Crippen LogP contribution in [0.15, 0.2) is 41.4 Å². The summed E-state index contributed by atoms with van der Waals surface area (Å²) in [4.78, 5) is 29.6. The van der Waals surface area contributed by atoms with Gasteiger partial charge in [-0.25, -0.2) is 27.5 Å². The molecule has 10 nitrogen and oxygen atoms in total. The van der Waals surface area contributed by atoms with E-state index in [0.717, 1.165) is 36.6 Å². The molecule has 2 amide bonds. The highest BCUT2D eigenvalue weighted by atomic mass is 32.2. The molecule has 1 saturated carbocycles. The first kappa shape index (κ1) is 32.8. The van der Waals surface area contributed by atoms with E-state index in [4.69, 9.17) is 9.97 Å². The third-order valence-electron chi connectivity index (χ3n) is 9.73. The number of carbonyl (C=O) groups excluding carboxylic acids is 1. The van der Waals surface area contributed by atoms with E-state index in [2.05, 4.69) is 68.6 Å². The number of carbonyl (C=O) groups is 1. The van der Waals surface area contributed by atoms with Crippen molar-refractivity contribution in [2.75, 3.05) is 30.9 Å². The Balaban J connectivity index is 1.62. The molecule has 2 aromatic heterocycles. The zero-order chi connectivity index (χ0) is 32.7. The van der Waals surface area contributed by atoms with E-state index in [1.807, 2.05) is 11.0 Å². The van der Waals surface area contributed by atoms with Crippen LogP contribution in [-0.4, -0.2) is 68.0 Å². The molecule has 2 fully saturated rings. The lowest BCUT2D eigenvalue weighted by atomic mass is 9.97. The Morgan fingerprint density at radius 1 is 1.00 bits per heavy atom. The fourth-order valence-corrected chi connectivity index (χ4v) is 13.4. The third-order valence-corrected chi connectivity index (χ3v) is 17.9. The van der Waals surface area contributed by atoms with Crippen molar-refractivity contribution in [2.45, 2.75) is 94.3 Å². The average molecular weight is 648 g/mol. The maximum absolute atomic E-state index is 13.3. The van der Waals surface area contributed by atoms with Gasteiger partial charge in [0.15, 0.2) is 5.65 Å². The maximum Gasteiger partial charge on any atom is 0.323 e. The van der Waals surface area contributed by atoms with E-state index < -0.39 is 18.1 Å². The van der Waals surface area contributed by atoms with E-state index in [1.165, 1.54) is 18.4 Å². The van der Waals surface area contributed by atoms with Crippen molar-refractivity contribution in [2.24, 2.45) is 0 Å². The van der Waals surface area contributed by atoms with Crippen LogP contribution >= 0.6 is 0 Å². The molecule has 3 aromatic rings. The minimum Gasteiger partial charge on any atom is -0.335 e. The average Bonchev–Trinajstić information content (AvgIpc) is 3.58. The van der Waals surface area contributed by atoms with Gasteiger partial charge >= 0.3 is 6.03 Å². The molecule has 1 aliphatic heterocycles. The van der Waals surface area contributed by atoms with Crippen molar-refractivity contribution < 1.29 is 13.2 Å². The highest BCUT2D eigenvalue weighted by molar-refractivity contribution is 7.89. The molecule has 3 heterocycles. The number of benzene rings is 1. The number of aromatic nitrogens is 3. The smallest absolute Gasteiger partial charge is 0.323 e. The van der Waals surface area contributed by atoms with Gasteiger partial charge in [-0.05, 0) is 59.8 Å². The molecule has 0 unspecified atom stereocenters. The minimum atomic E-state index is -3.54. The highest BCUT2D eigenvalue weighted by Crippen LogP contribution is 2.42. The summed E-state index contributed by atoms with van der Waals surface area (Å²) in [5.41, 5.74) is 6.78. The van der Waals surface area contributed by atoms with E-state index in [-0.39, 0.29) is 16.5 Å². The summed E-state index contributed by atoms with van der Waals surface area (Å²) in [6.45, 7) is 14.3. The predicted octanol–water partition coefficient (Wildman–Crippen LogP) is 6.43. The molecular weight excluding hydrogens is 603 g/mol. The fraction of sp³-hybridized carbons (Fsp3) is 0.515. The lowest BCUT2D eigenvalue weighted by Gasteiger charge is -2.38. The number of nitrogens with zero attached hydrogens (tertiary/aromatic N) is 5. The van der Waals surface area contributed by atoms with Gasteiger partial charge in [0, 0.05) is 38.1 Å². The van der Waals surface area contributed by atoms with Crippen molar-refractivity contribution >= 4 is 52.6 Å². The lowest BCUT2D eigenvalue weighted by molar-refractivity contribution is 0.250. The van der Waals surface area contributed by atoms with Crippen molar-refractivity contribution in [1.82, 2.24) is 24.6 Å². The third kappa shape index (κ3) is 5.93. The van der Waals surface area contributed by atoms with Crippen LogP contribution in [0.5, 0.6) is 0 Å². The number of amides is 2. The summed E-state index contributed by atoms with van der Waals surface area (Å²) in [6, 6.07) is 8.25. The molecule has 12 heteroatoms. The Morgan fingerprint density at radius 2 is 1.62 bits per heavy atom. The molecule has 1 saturated heterocycles. The van der Waals surface area contributed by atoms with Gasteiger partial charge in [-0.2, -0.15) is 4.98 Å². The summed E-state index contributed by atoms with van der Waals surface area (Å²) < 4.78 is 26.2. The number of nitrogens with one attached hydrogen (secondary N) is 2. The molecule has 1 aromatic carbocycles. The Kier molecular flexibility index (Phi) is 9.01. The van der Waals surface area contributed by atoms with Crippen LogP contribution in [0.25, 0.3) is 11.0 Å². The molecule has 0 atom stereocenters. The van der Waals surface area contributed by atoms with E-state index in [1.54, 1.807) is 30.5 Å². The van der Waals surface area contributed by atoms with Crippen LogP contribution in [0.1, 0.15) is 72.8 Å². The van der Waals surface area contributed by atoms with Crippen LogP contribution in [-0.2, 0) is 10.0 Å². The zero-order valence-electron chi connectivity index (χ0n) is 27.6. The van der Waals surface area contributed by atoms with Crippen molar-refractivity contribution in [3.05, 3.63) is 42.1 Å².